The van der Waals surface area contributed by atoms with Crippen molar-refractivity contribution in [3.63, 3.8) is 0 Å². The summed E-state index contributed by atoms with van der Waals surface area (Å²) in [6.45, 7) is 0. The fourth-order valence-corrected chi connectivity index (χ4v) is 1.36. The summed E-state index contributed by atoms with van der Waals surface area (Å²) < 4.78 is 0. The van der Waals surface area contributed by atoms with Crippen molar-refractivity contribution in [2.75, 3.05) is 0 Å². The van der Waals surface area contributed by atoms with Gasteiger partial charge in [-0.25, -0.2) is 0 Å². The Kier molecular flexibility index (Phi) is 2.19. The molecule has 0 unspecified atom stereocenters. The molecule has 1 rings (SSSR count). The number of rotatable bonds is 2. The standard InChI is InChI=1S/C7H5NOS/c8-4-6(5-9)7-2-1-3-10-7/h1-3,5-6H/t6-/m0/s1. The Balaban J connectivity index is 2.86. The highest BCUT2D eigenvalue weighted by molar-refractivity contribution is 7.10. The Labute approximate surface area is 62.7 Å². The summed E-state index contributed by atoms with van der Waals surface area (Å²) in [5.74, 6) is -0.569. The lowest BCUT2D eigenvalue weighted by Gasteiger charge is -1.91. The zero-order chi connectivity index (χ0) is 7.40. The fourth-order valence-electron chi connectivity index (χ4n) is 0.629. The van der Waals surface area contributed by atoms with Gasteiger partial charge in [0.05, 0.1) is 6.07 Å². The summed E-state index contributed by atoms with van der Waals surface area (Å²) in [7, 11) is 0. The van der Waals surface area contributed by atoms with Crippen molar-refractivity contribution >= 4 is 17.6 Å². The molecule has 0 spiro atoms. The summed E-state index contributed by atoms with van der Waals surface area (Å²) in [6, 6.07) is 5.51. The number of nitriles is 1. The van der Waals surface area contributed by atoms with Crippen molar-refractivity contribution in [2.24, 2.45) is 0 Å². The molecule has 2 nitrogen and oxygen atoms in total. The number of carbonyl (C=O) groups excluding carboxylic acids is 1. The molecular formula is C7H5NOS. The van der Waals surface area contributed by atoms with Crippen molar-refractivity contribution in [1.29, 1.82) is 5.26 Å². The largest absolute Gasteiger partial charge is 0.302 e. The third kappa shape index (κ3) is 1.23. The first kappa shape index (κ1) is 6.97. The van der Waals surface area contributed by atoms with E-state index in [1.807, 2.05) is 17.5 Å². The van der Waals surface area contributed by atoms with Crippen LogP contribution in [-0.4, -0.2) is 6.29 Å². The van der Waals surface area contributed by atoms with Gasteiger partial charge in [-0.2, -0.15) is 5.26 Å². The maximum atomic E-state index is 10.2. The van der Waals surface area contributed by atoms with E-state index >= 15 is 0 Å². The number of hydrogen-bond donors (Lipinski definition) is 0. The first-order valence-corrected chi connectivity index (χ1v) is 3.64. The molecule has 1 aromatic heterocycles. The van der Waals surface area contributed by atoms with Crippen LogP contribution in [-0.2, 0) is 4.79 Å². The predicted octanol–water partition coefficient (Wildman–Crippen LogP) is 1.55. The third-order valence-corrected chi connectivity index (χ3v) is 2.08. The number of aldehydes is 1. The average Bonchev–Trinajstić information content (AvgIpc) is 2.43. The quantitative estimate of drug-likeness (QED) is 0.602. The summed E-state index contributed by atoms with van der Waals surface area (Å²) >= 11 is 1.43. The van der Waals surface area contributed by atoms with Gasteiger partial charge in [0.15, 0.2) is 0 Å². The zero-order valence-corrected chi connectivity index (χ0v) is 5.97. The first-order chi connectivity index (χ1) is 4.88. The molecule has 0 saturated carbocycles. The maximum absolute atomic E-state index is 10.2. The molecule has 0 radical (unpaired) electrons. The molecule has 0 aromatic carbocycles. The van der Waals surface area contributed by atoms with Gasteiger partial charge < -0.3 is 4.79 Å². The number of hydrogen-bond acceptors (Lipinski definition) is 3. The summed E-state index contributed by atoms with van der Waals surface area (Å²) in [4.78, 5) is 11.0. The van der Waals surface area contributed by atoms with Gasteiger partial charge in [-0.05, 0) is 11.4 Å². The van der Waals surface area contributed by atoms with Crippen LogP contribution < -0.4 is 0 Å². The third-order valence-electron chi connectivity index (χ3n) is 1.12. The highest BCUT2D eigenvalue weighted by atomic mass is 32.1. The Bertz CT molecular complexity index is 247. The van der Waals surface area contributed by atoms with Crippen LogP contribution in [0.15, 0.2) is 17.5 Å². The van der Waals surface area contributed by atoms with E-state index in [2.05, 4.69) is 0 Å². The van der Waals surface area contributed by atoms with E-state index in [0.717, 1.165) is 4.88 Å². The van der Waals surface area contributed by atoms with Gasteiger partial charge in [0.2, 0.25) is 0 Å². The molecule has 0 N–H and O–H groups in total. The van der Waals surface area contributed by atoms with Crippen molar-refractivity contribution in [1.82, 2.24) is 0 Å². The number of carbonyl (C=O) groups is 1. The molecule has 0 saturated heterocycles. The molecule has 0 aliphatic heterocycles. The Morgan fingerprint density at radius 1 is 1.80 bits per heavy atom. The number of nitrogens with zero attached hydrogens (tertiary/aromatic N) is 1. The van der Waals surface area contributed by atoms with E-state index in [4.69, 9.17) is 5.26 Å². The van der Waals surface area contributed by atoms with E-state index < -0.39 is 5.92 Å². The molecule has 10 heavy (non-hydrogen) atoms. The van der Waals surface area contributed by atoms with Gasteiger partial charge in [-0.1, -0.05) is 6.07 Å². The van der Waals surface area contributed by atoms with Crippen LogP contribution in [0, 0.1) is 11.3 Å². The van der Waals surface area contributed by atoms with Crippen molar-refractivity contribution in [2.45, 2.75) is 5.92 Å². The Hall–Kier alpha value is -1.14. The molecule has 0 bridgehead atoms. The molecule has 50 valence electrons. The van der Waals surface area contributed by atoms with Crippen LogP contribution in [0.2, 0.25) is 0 Å². The minimum absolute atomic E-state index is 0.569. The smallest absolute Gasteiger partial charge is 0.142 e. The van der Waals surface area contributed by atoms with E-state index in [-0.39, 0.29) is 0 Å². The molecule has 3 heteroatoms. The van der Waals surface area contributed by atoms with Crippen LogP contribution in [0.3, 0.4) is 0 Å². The average molecular weight is 151 g/mol. The predicted molar refractivity (Wildman–Crippen MR) is 38.7 cm³/mol. The lowest BCUT2D eigenvalue weighted by Crippen LogP contribution is -1.91. The molecule has 0 aliphatic carbocycles. The second-order valence-corrected chi connectivity index (χ2v) is 2.74. The lowest BCUT2D eigenvalue weighted by molar-refractivity contribution is -0.108. The molecule has 1 atom stereocenters. The molecule has 0 fully saturated rings. The monoisotopic (exact) mass is 151 g/mol. The fraction of sp³-hybridized carbons (Fsp3) is 0.143. The minimum atomic E-state index is -0.569. The topological polar surface area (TPSA) is 40.9 Å². The molecule has 0 amide bonds. The van der Waals surface area contributed by atoms with Crippen molar-refractivity contribution in [3.05, 3.63) is 22.4 Å². The maximum Gasteiger partial charge on any atom is 0.142 e. The Morgan fingerprint density at radius 3 is 3.00 bits per heavy atom. The first-order valence-electron chi connectivity index (χ1n) is 2.77. The van der Waals surface area contributed by atoms with Crippen LogP contribution in [0.5, 0.6) is 0 Å². The summed E-state index contributed by atoms with van der Waals surface area (Å²) in [5, 5.41) is 10.3. The van der Waals surface area contributed by atoms with Crippen LogP contribution in [0.25, 0.3) is 0 Å². The van der Waals surface area contributed by atoms with E-state index in [1.165, 1.54) is 11.3 Å². The second-order valence-electron chi connectivity index (χ2n) is 1.76. The number of thiophene rings is 1. The van der Waals surface area contributed by atoms with Crippen molar-refractivity contribution in [3.8, 4) is 6.07 Å². The highest BCUT2D eigenvalue weighted by Gasteiger charge is 2.08. The van der Waals surface area contributed by atoms with Gasteiger partial charge in [0, 0.05) is 4.88 Å². The van der Waals surface area contributed by atoms with Gasteiger partial charge in [-0.3, -0.25) is 0 Å². The summed E-state index contributed by atoms with van der Waals surface area (Å²) in [6.07, 6.45) is 0.659. The SMILES string of the molecule is N#C[C@@H](C=O)c1cccs1. The normalized spacial score (nSPS) is 11.9. The second kappa shape index (κ2) is 3.14. The molecule has 1 heterocycles. The molecule has 1 aromatic rings. The highest BCUT2D eigenvalue weighted by Crippen LogP contribution is 2.17. The zero-order valence-electron chi connectivity index (χ0n) is 5.15. The molecular weight excluding hydrogens is 146 g/mol. The van der Waals surface area contributed by atoms with E-state index in [9.17, 15) is 4.79 Å². The van der Waals surface area contributed by atoms with Crippen LogP contribution in [0.1, 0.15) is 10.8 Å². The minimum Gasteiger partial charge on any atom is -0.302 e. The molecule has 0 aliphatic rings. The summed E-state index contributed by atoms with van der Waals surface area (Å²) in [5.41, 5.74) is 0. The van der Waals surface area contributed by atoms with E-state index in [1.54, 1.807) is 6.07 Å². The Morgan fingerprint density at radius 2 is 2.60 bits per heavy atom. The van der Waals surface area contributed by atoms with Gasteiger partial charge in [-0.15, -0.1) is 11.3 Å². The van der Waals surface area contributed by atoms with E-state index in [0.29, 0.717) is 6.29 Å². The van der Waals surface area contributed by atoms with Crippen molar-refractivity contribution < 1.29 is 4.79 Å². The van der Waals surface area contributed by atoms with Gasteiger partial charge >= 0.3 is 0 Å². The lowest BCUT2D eigenvalue weighted by atomic mass is 10.2. The van der Waals surface area contributed by atoms with Gasteiger partial charge in [0.25, 0.3) is 0 Å². The van der Waals surface area contributed by atoms with Crippen LogP contribution in [0.4, 0.5) is 0 Å². The van der Waals surface area contributed by atoms with Gasteiger partial charge in [0.1, 0.15) is 12.2 Å². The van der Waals surface area contributed by atoms with Crippen LogP contribution >= 0.6 is 11.3 Å².